The van der Waals surface area contributed by atoms with Gasteiger partial charge in [0.1, 0.15) is 0 Å². The minimum Gasteiger partial charge on any atom is -0.462 e. The first kappa shape index (κ1) is 25.5. The molecule has 2 amide bonds. The molecule has 1 aliphatic heterocycles. The molecule has 1 unspecified atom stereocenters. The van der Waals surface area contributed by atoms with E-state index in [1.165, 1.54) is 23.1 Å². The molecule has 1 aliphatic rings. The summed E-state index contributed by atoms with van der Waals surface area (Å²) in [6.45, 7) is 5.94. The van der Waals surface area contributed by atoms with E-state index in [0.29, 0.717) is 30.1 Å². The highest BCUT2D eigenvalue weighted by Gasteiger charge is 2.23. The number of methoxy groups -OCH3 is 1. The van der Waals surface area contributed by atoms with Crippen LogP contribution in [0.5, 0.6) is 0 Å². The van der Waals surface area contributed by atoms with Crippen LogP contribution in [-0.4, -0.2) is 71.7 Å². The van der Waals surface area contributed by atoms with Gasteiger partial charge in [-0.1, -0.05) is 11.3 Å². The molecular weight excluding hydrogens is 462 g/mol. The summed E-state index contributed by atoms with van der Waals surface area (Å²) in [5.74, 6) is -0.160. The summed E-state index contributed by atoms with van der Waals surface area (Å²) in [6.07, 6.45) is 3.24. The molecule has 1 aromatic carbocycles. The number of thiazole rings is 1. The van der Waals surface area contributed by atoms with Gasteiger partial charge >= 0.3 is 5.97 Å². The lowest BCUT2D eigenvalue weighted by atomic mass is 10.0. The molecule has 0 N–H and O–H groups in total. The Morgan fingerprint density at radius 3 is 2.79 bits per heavy atom. The van der Waals surface area contributed by atoms with E-state index in [2.05, 4.69) is 11.9 Å². The van der Waals surface area contributed by atoms with Crippen molar-refractivity contribution in [1.29, 1.82) is 0 Å². The van der Waals surface area contributed by atoms with E-state index in [-0.39, 0.29) is 35.3 Å². The van der Waals surface area contributed by atoms with Crippen molar-refractivity contribution in [1.82, 2.24) is 9.47 Å². The van der Waals surface area contributed by atoms with Crippen LogP contribution in [0.3, 0.4) is 0 Å². The molecular formula is C23H31N3O5S2. The van der Waals surface area contributed by atoms with Crippen molar-refractivity contribution in [3.63, 3.8) is 0 Å². The average molecular weight is 494 g/mol. The zero-order valence-electron chi connectivity index (χ0n) is 19.4. The number of carbonyl (C=O) groups is 3. The topological polar surface area (TPSA) is 90.2 Å². The Bertz CT molecular complexity index is 1060. The zero-order chi connectivity index (χ0) is 23.8. The summed E-state index contributed by atoms with van der Waals surface area (Å²) >= 11 is 2.64. The Balaban J connectivity index is 1.73. The maximum atomic E-state index is 12.6. The molecule has 0 saturated carbocycles. The third kappa shape index (κ3) is 6.68. The molecule has 1 aromatic heterocycles. The van der Waals surface area contributed by atoms with E-state index < -0.39 is 0 Å². The van der Waals surface area contributed by atoms with Gasteiger partial charge in [0.25, 0.3) is 5.91 Å². The number of thioether (sulfide) groups is 1. The van der Waals surface area contributed by atoms with Crippen LogP contribution in [0, 0.1) is 0 Å². The Kier molecular flexibility index (Phi) is 9.52. The normalized spacial score (nSPS) is 16.9. The molecule has 0 spiro atoms. The number of carbonyl (C=O) groups excluding carboxylic acids is 3. The number of aromatic nitrogens is 1. The number of rotatable bonds is 9. The molecule has 33 heavy (non-hydrogen) atoms. The molecule has 2 heterocycles. The Morgan fingerprint density at radius 2 is 2.06 bits per heavy atom. The SMILES string of the molecule is CCOC(=O)c1ccc2c(c1)sc(=NC(=O)CSCC(=O)N1CCCCC1C)n2CCOC. The zero-order valence-corrected chi connectivity index (χ0v) is 21.0. The second-order valence-corrected chi connectivity index (χ2v) is 9.86. The van der Waals surface area contributed by atoms with Crippen LogP contribution >= 0.6 is 23.1 Å². The number of likely N-dealkylation sites (tertiary alicyclic amines) is 1. The average Bonchev–Trinajstić information content (AvgIpc) is 3.13. The summed E-state index contributed by atoms with van der Waals surface area (Å²) in [4.78, 5) is 43.9. The monoisotopic (exact) mass is 493 g/mol. The van der Waals surface area contributed by atoms with Crippen molar-refractivity contribution in [2.24, 2.45) is 4.99 Å². The van der Waals surface area contributed by atoms with Gasteiger partial charge in [-0.05, 0) is 51.3 Å². The number of hydrogen-bond donors (Lipinski definition) is 0. The van der Waals surface area contributed by atoms with Crippen LogP contribution < -0.4 is 4.80 Å². The molecule has 10 heteroatoms. The fourth-order valence-corrected chi connectivity index (χ4v) is 5.61. The summed E-state index contributed by atoms with van der Waals surface area (Å²) in [6, 6.07) is 5.58. The minimum absolute atomic E-state index is 0.0866. The molecule has 0 aliphatic carbocycles. The summed E-state index contributed by atoms with van der Waals surface area (Å²) in [5.41, 5.74) is 1.34. The lowest BCUT2D eigenvalue weighted by Crippen LogP contribution is -2.43. The van der Waals surface area contributed by atoms with E-state index >= 15 is 0 Å². The van der Waals surface area contributed by atoms with Gasteiger partial charge < -0.3 is 18.9 Å². The number of fused-ring (bicyclic) bond motifs is 1. The van der Waals surface area contributed by atoms with Crippen molar-refractivity contribution >= 4 is 51.1 Å². The van der Waals surface area contributed by atoms with Crippen LogP contribution in [0.15, 0.2) is 23.2 Å². The number of hydrogen-bond acceptors (Lipinski definition) is 7. The first-order valence-electron chi connectivity index (χ1n) is 11.2. The Morgan fingerprint density at radius 1 is 1.24 bits per heavy atom. The van der Waals surface area contributed by atoms with E-state index in [0.717, 1.165) is 36.0 Å². The van der Waals surface area contributed by atoms with Gasteiger partial charge in [0.2, 0.25) is 5.91 Å². The van der Waals surface area contributed by atoms with Crippen LogP contribution in [0.25, 0.3) is 10.2 Å². The molecule has 0 bridgehead atoms. The molecule has 0 radical (unpaired) electrons. The van der Waals surface area contributed by atoms with Gasteiger partial charge in [-0.3, -0.25) is 9.59 Å². The summed E-state index contributed by atoms with van der Waals surface area (Å²) in [7, 11) is 1.62. The predicted octanol–water partition coefficient (Wildman–Crippen LogP) is 3.09. The van der Waals surface area contributed by atoms with Crippen LogP contribution in [0.1, 0.15) is 43.5 Å². The molecule has 1 atom stereocenters. The quantitative estimate of drug-likeness (QED) is 0.499. The number of nitrogens with zero attached hydrogens (tertiary/aromatic N) is 3. The predicted molar refractivity (Wildman–Crippen MR) is 131 cm³/mol. The van der Waals surface area contributed by atoms with Crippen LogP contribution in [0.2, 0.25) is 0 Å². The fraction of sp³-hybridized carbons (Fsp3) is 0.565. The minimum atomic E-state index is -0.380. The molecule has 8 nitrogen and oxygen atoms in total. The van der Waals surface area contributed by atoms with E-state index in [9.17, 15) is 14.4 Å². The highest BCUT2D eigenvalue weighted by Crippen LogP contribution is 2.21. The summed E-state index contributed by atoms with van der Waals surface area (Å²) in [5, 5.41) is 0. The van der Waals surface area contributed by atoms with E-state index in [4.69, 9.17) is 9.47 Å². The largest absolute Gasteiger partial charge is 0.462 e. The van der Waals surface area contributed by atoms with Crippen molar-refractivity contribution in [2.45, 2.75) is 45.7 Å². The van der Waals surface area contributed by atoms with Gasteiger partial charge in [-0.25, -0.2) is 4.79 Å². The maximum Gasteiger partial charge on any atom is 0.338 e. The van der Waals surface area contributed by atoms with Gasteiger partial charge in [-0.15, -0.1) is 11.8 Å². The molecule has 1 saturated heterocycles. The number of ether oxygens (including phenoxy) is 2. The lowest BCUT2D eigenvalue weighted by molar-refractivity contribution is -0.131. The number of amides is 2. The number of esters is 1. The van der Waals surface area contributed by atoms with Crippen molar-refractivity contribution in [3.05, 3.63) is 28.6 Å². The first-order chi connectivity index (χ1) is 15.9. The van der Waals surface area contributed by atoms with Gasteiger partial charge in [-0.2, -0.15) is 4.99 Å². The fourth-order valence-electron chi connectivity index (χ4n) is 3.81. The third-order valence-electron chi connectivity index (χ3n) is 5.51. The lowest BCUT2D eigenvalue weighted by Gasteiger charge is -2.33. The smallest absolute Gasteiger partial charge is 0.338 e. The molecule has 3 rings (SSSR count). The van der Waals surface area contributed by atoms with Crippen LogP contribution in [0.4, 0.5) is 0 Å². The second-order valence-electron chi connectivity index (χ2n) is 7.86. The van der Waals surface area contributed by atoms with E-state index in [1.807, 2.05) is 15.5 Å². The number of piperidine rings is 1. The first-order valence-corrected chi connectivity index (χ1v) is 13.2. The van der Waals surface area contributed by atoms with Crippen LogP contribution in [-0.2, 0) is 25.6 Å². The van der Waals surface area contributed by atoms with Gasteiger partial charge in [0, 0.05) is 26.2 Å². The second kappa shape index (κ2) is 12.3. The Labute approximate surface area is 202 Å². The van der Waals surface area contributed by atoms with Gasteiger partial charge in [0.15, 0.2) is 4.80 Å². The molecule has 1 fully saturated rings. The van der Waals surface area contributed by atoms with Gasteiger partial charge in [0.05, 0.1) is 40.5 Å². The third-order valence-corrected chi connectivity index (χ3v) is 7.45. The summed E-state index contributed by atoms with van der Waals surface area (Å²) < 4.78 is 13.1. The van der Waals surface area contributed by atoms with Crippen molar-refractivity contribution < 1.29 is 23.9 Å². The molecule has 180 valence electrons. The number of benzene rings is 1. The van der Waals surface area contributed by atoms with Crippen molar-refractivity contribution in [2.75, 3.05) is 38.4 Å². The highest BCUT2D eigenvalue weighted by molar-refractivity contribution is 8.00. The maximum absolute atomic E-state index is 12.6. The van der Waals surface area contributed by atoms with E-state index in [1.54, 1.807) is 26.2 Å². The molecule has 2 aromatic rings. The van der Waals surface area contributed by atoms with Crippen molar-refractivity contribution in [3.8, 4) is 0 Å². The highest BCUT2D eigenvalue weighted by atomic mass is 32.2. The standard InChI is InChI=1S/C23H31N3O5S2/c1-4-31-22(29)17-8-9-18-19(13-17)33-23(26(18)11-12-30-3)24-20(27)14-32-15-21(28)25-10-6-5-7-16(25)2/h8-9,13,16H,4-7,10-12,14-15H2,1-3H3. The Hall–Kier alpha value is -2.17.